The van der Waals surface area contributed by atoms with Gasteiger partial charge < -0.3 is 14.5 Å². The first kappa shape index (κ1) is 26.0. The van der Waals surface area contributed by atoms with Gasteiger partial charge in [-0.15, -0.1) is 0 Å². The Morgan fingerprint density at radius 2 is 1.69 bits per heavy atom. The molecule has 1 amide bonds. The van der Waals surface area contributed by atoms with Gasteiger partial charge >= 0.3 is 0 Å². The Labute approximate surface area is 217 Å². The second kappa shape index (κ2) is 11.3. The monoisotopic (exact) mass is 527 g/mol. The van der Waals surface area contributed by atoms with E-state index in [-0.39, 0.29) is 29.6 Å². The minimum atomic E-state index is -4.02. The third-order valence-electron chi connectivity index (χ3n) is 6.26. The molecule has 0 radical (unpaired) electrons. The van der Waals surface area contributed by atoms with Crippen LogP contribution < -0.4 is 9.64 Å². The maximum atomic E-state index is 13.8. The molecule has 4 rings (SSSR count). The van der Waals surface area contributed by atoms with Crippen LogP contribution in [0.15, 0.2) is 77.7 Å². The number of nitrogens with zero attached hydrogens (tertiary/aromatic N) is 3. The zero-order valence-corrected chi connectivity index (χ0v) is 22.0. The Morgan fingerprint density at radius 1 is 0.972 bits per heavy atom. The Balaban J connectivity index is 1.54. The van der Waals surface area contributed by atoms with Crippen molar-refractivity contribution in [3.63, 3.8) is 0 Å². The average Bonchev–Trinajstić information content (AvgIpc) is 2.89. The van der Waals surface area contributed by atoms with E-state index < -0.39 is 10.0 Å². The third kappa shape index (κ3) is 6.00. The van der Waals surface area contributed by atoms with Crippen molar-refractivity contribution in [3.05, 3.63) is 88.9 Å². The molecule has 9 heteroatoms. The van der Waals surface area contributed by atoms with Gasteiger partial charge in [-0.1, -0.05) is 54.1 Å². The summed E-state index contributed by atoms with van der Waals surface area (Å²) in [6.45, 7) is 3.92. The molecule has 36 heavy (non-hydrogen) atoms. The summed E-state index contributed by atoms with van der Waals surface area (Å²) >= 11 is 6.13. The first-order valence-electron chi connectivity index (χ1n) is 11.7. The normalized spacial score (nSPS) is 14.2. The second-order valence-corrected chi connectivity index (χ2v) is 11.1. The molecule has 0 atom stereocenters. The molecule has 7 nitrogen and oxygen atoms in total. The molecular formula is C27H30ClN3O4S. The maximum absolute atomic E-state index is 13.8. The second-order valence-electron chi connectivity index (χ2n) is 8.76. The van der Waals surface area contributed by atoms with Crippen molar-refractivity contribution in [2.45, 2.75) is 18.4 Å². The van der Waals surface area contributed by atoms with Crippen molar-refractivity contribution in [1.82, 2.24) is 9.21 Å². The van der Waals surface area contributed by atoms with Crippen LogP contribution >= 0.6 is 11.6 Å². The van der Waals surface area contributed by atoms with E-state index in [1.807, 2.05) is 61.5 Å². The highest BCUT2D eigenvalue weighted by Crippen LogP contribution is 2.29. The zero-order valence-electron chi connectivity index (χ0n) is 20.4. The zero-order chi connectivity index (χ0) is 25.7. The highest BCUT2D eigenvalue weighted by molar-refractivity contribution is 7.89. The summed E-state index contributed by atoms with van der Waals surface area (Å²) in [5.74, 6) is 0.0214. The van der Waals surface area contributed by atoms with Gasteiger partial charge in [0.2, 0.25) is 15.9 Å². The van der Waals surface area contributed by atoms with Crippen LogP contribution in [0, 0.1) is 6.92 Å². The fraction of sp³-hybridized carbons (Fsp3) is 0.296. The van der Waals surface area contributed by atoms with E-state index in [0.29, 0.717) is 31.2 Å². The molecule has 1 heterocycles. The number of sulfonamides is 1. The molecule has 1 aliphatic heterocycles. The van der Waals surface area contributed by atoms with Crippen LogP contribution in [0.2, 0.25) is 5.02 Å². The van der Waals surface area contributed by atoms with Gasteiger partial charge in [-0.2, -0.15) is 4.31 Å². The van der Waals surface area contributed by atoms with Gasteiger partial charge in [-0.25, -0.2) is 8.42 Å². The number of hydrogen-bond acceptors (Lipinski definition) is 5. The SMILES string of the molecule is COc1ccc(C)cc1S(=O)(=O)N(CC(=O)N1CCN(c2cccc(Cl)c2)CC1)Cc1ccccc1. The number of piperazine rings is 1. The van der Waals surface area contributed by atoms with E-state index in [1.54, 1.807) is 23.1 Å². The fourth-order valence-electron chi connectivity index (χ4n) is 4.28. The smallest absolute Gasteiger partial charge is 0.247 e. The molecule has 0 unspecified atom stereocenters. The number of halogens is 1. The van der Waals surface area contributed by atoms with Gasteiger partial charge in [0, 0.05) is 43.4 Å². The van der Waals surface area contributed by atoms with Crippen LogP contribution in [0.1, 0.15) is 11.1 Å². The highest BCUT2D eigenvalue weighted by atomic mass is 35.5. The van der Waals surface area contributed by atoms with E-state index in [1.165, 1.54) is 11.4 Å². The third-order valence-corrected chi connectivity index (χ3v) is 8.30. The molecule has 0 N–H and O–H groups in total. The van der Waals surface area contributed by atoms with Crippen molar-refractivity contribution < 1.29 is 17.9 Å². The van der Waals surface area contributed by atoms with Gasteiger partial charge in [-0.05, 0) is 48.4 Å². The number of benzene rings is 3. The number of carbonyl (C=O) groups excluding carboxylic acids is 1. The Bertz CT molecular complexity index is 1310. The van der Waals surface area contributed by atoms with Crippen molar-refractivity contribution in [3.8, 4) is 5.75 Å². The summed E-state index contributed by atoms with van der Waals surface area (Å²) in [4.78, 5) is 17.3. The molecule has 0 saturated carbocycles. The molecule has 3 aromatic carbocycles. The molecule has 1 fully saturated rings. The Kier molecular flexibility index (Phi) is 8.18. The summed E-state index contributed by atoms with van der Waals surface area (Å²) in [5.41, 5.74) is 2.60. The number of rotatable bonds is 8. The van der Waals surface area contributed by atoms with Crippen LogP contribution in [0.5, 0.6) is 5.75 Å². The van der Waals surface area contributed by atoms with E-state index in [9.17, 15) is 13.2 Å². The average molecular weight is 528 g/mol. The van der Waals surface area contributed by atoms with Crippen molar-refractivity contribution in [1.29, 1.82) is 0 Å². The first-order valence-corrected chi connectivity index (χ1v) is 13.6. The minimum absolute atomic E-state index is 0.0551. The molecule has 0 aromatic heterocycles. The number of hydrogen-bond donors (Lipinski definition) is 0. The lowest BCUT2D eigenvalue weighted by Crippen LogP contribution is -2.51. The number of aryl methyl sites for hydroxylation is 1. The summed E-state index contributed by atoms with van der Waals surface area (Å²) in [7, 11) is -2.58. The maximum Gasteiger partial charge on any atom is 0.247 e. The van der Waals surface area contributed by atoms with Crippen LogP contribution in [-0.2, 0) is 21.4 Å². The van der Waals surface area contributed by atoms with Crippen LogP contribution in [0.25, 0.3) is 0 Å². The molecule has 3 aromatic rings. The molecule has 190 valence electrons. The van der Waals surface area contributed by atoms with Gasteiger partial charge in [0.15, 0.2) is 0 Å². The van der Waals surface area contributed by atoms with Gasteiger partial charge in [0.1, 0.15) is 10.6 Å². The number of ether oxygens (including phenoxy) is 1. The predicted molar refractivity (Wildman–Crippen MR) is 142 cm³/mol. The summed E-state index contributed by atoms with van der Waals surface area (Å²) in [5, 5.41) is 0.666. The standard InChI is InChI=1S/C27H30ClN3O4S/c1-21-11-12-25(35-2)26(17-21)36(33,34)31(19-22-7-4-3-5-8-22)20-27(32)30-15-13-29(14-16-30)24-10-6-9-23(28)18-24/h3-12,17-18H,13-16,19-20H2,1-2H3. The van der Waals surface area contributed by atoms with E-state index in [4.69, 9.17) is 16.3 Å². The first-order chi connectivity index (χ1) is 17.3. The molecular weight excluding hydrogens is 498 g/mol. The molecule has 0 aliphatic carbocycles. The topological polar surface area (TPSA) is 70.2 Å². The Morgan fingerprint density at radius 3 is 2.36 bits per heavy atom. The number of carbonyl (C=O) groups is 1. The van der Waals surface area contributed by atoms with Crippen molar-refractivity contribution in [2.24, 2.45) is 0 Å². The Hall–Kier alpha value is -3.07. The highest BCUT2D eigenvalue weighted by Gasteiger charge is 2.32. The number of anilines is 1. The predicted octanol–water partition coefficient (Wildman–Crippen LogP) is 4.20. The van der Waals surface area contributed by atoms with Crippen molar-refractivity contribution >= 4 is 33.2 Å². The summed E-state index contributed by atoms with van der Waals surface area (Å²) < 4.78 is 34.2. The van der Waals surface area contributed by atoms with Crippen LogP contribution in [0.3, 0.4) is 0 Å². The molecule has 0 spiro atoms. The quantitative estimate of drug-likeness (QED) is 0.439. The van der Waals surface area contributed by atoms with E-state index in [0.717, 1.165) is 16.8 Å². The van der Waals surface area contributed by atoms with E-state index >= 15 is 0 Å². The lowest BCUT2D eigenvalue weighted by Gasteiger charge is -2.37. The lowest BCUT2D eigenvalue weighted by molar-refractivity contribution is -0.131. The van der Waals surface area contributed by atoms with Crippen LogP contribution in [0.4, 0.5) is 5.69 Å². The van der Waals surface area contributed by atoms with E-state index in [2.05, 4.69) is 4.90 Å². The number of amides is 1. The molecule has 1 aliphatic rings. The van der Waals surface area contributed by atoms with Gasteiger partial charge in [0.05, 0.1) is 13.7 Å². The molecule has 0 bridgehead atoms. The van der Waals surface area contributed by atoms with Gasteiger partial charge in [-0.3, -0.25) is 4.79 Å². The van der Waals surface area contributed by atoms with Crippen LogP contribution in [-0.4, -0.2) is 63.4 Å². The lowest BCUT2D eigenvalue weighted by atomic mass is 10.2. The number of methoxy groups -OCH3 is 1. The minimum Gasteiger partial charge on any atom is -0.495 e. The summed E-state index contributed by atoms with van der Waals surface area (Å²) in [6, 6.07) is 21.9. The fourth-order valence-corrected chi connectivity index (χ4v) is 6.08. The largest absolute Gasteiger partial charge is 0.495 e. The van der Waals surface area contributed by atoms with Gasteiger partial charge in [0.25, 0.3) is 0 Å². The molecule has 1 saturated heterocycles. The summed E-state index contributed by atoms with van der Waals surface area (Å²) in [6.07, 6.45) is 0. The van der Waals surface area contributed by atoms with Crippen molar-refractivity contribution in [2.75, 3.05) is 44.7 Å².